The molecule has 1 saturated heterocycles. The molecule has 3 aromatic rings. The van der Waals surface area contributed by atoms with Gasteiger partial charge in [-0.2, -0.15) is 5.10 Å². The number of halogens is 2. The van der Waals surface area contributed by atoms with Crippen LogP contribution in [0, 0.1) is 11.7 Å². The van der Waals surface area contributed by atoms with E-state index in [4.69, 9.17) is 21.1 Å². The van der Waals surface area contributed by atoms with E-state index in [9.17, 15) is 9.18 Å². The Morgan fingerprint density at radius 1 is 1.21 bits per heavy atom. The molecule has 0 unspecified atom stereocenters. The molecule has 4 rings (SSSR count). The SMILES string of the molecule is CC(C)(C)OC(=O)N1CCC(COc2c(Cl)ncnc2-c2cnn(-c3ccccc3F)c2)CC1. The van der Waals surface area contributed by atoms with Crippen LogP contribution in [0.25, 0.3) is 16.9 Å². The van der Waals surface area contributed by atoms with Crippen molar-refractivity contribution in [2.24, 2.45) is 5.92 Å². The lowest BCUT2D eigenvalue weighted by molar-refractivity contribution is 0.0165. The van der Waals surface area contributed by atoms with Crippen LogP contribution in [0.2, 0.25) is 5.15 Å². The van der Waals surface area contributed by atoms with Crippen LogP contribution in [0.15, 0.2) is 43.0 Å². The van der Waals surface area contributed by atoms with Crippen molar-refractivity contribution in [2.75, 3.05) is 19.7 Å². The van der Waals surface area contributed by atoms with E-state index in [1.54, 1.807) is 35.5 Å². The number of nitrogens with zero attached hydrogens (tertiary/aromatic N) is 5. The van der Waals surface area contributed by atoms with Crippen LogP contribution >= 0.6 is 11.6 Å². The number of carbonyl (C=O) groups is 1. The van der Waals surface area contributed by atoms with E-state index < -0.39 is 5.60 Å². The van der Waals surface area contributed by atoms with E-state index in [1.165, 1.54) is 17.1 Å². The first-order valence-electron chi connectivity index (χ1n) is 11.1. The highest BCUT2D eigenvalue weighted by Gasteiger charge is 2.27. The highest BCUT2D eigenvalue weighted by atomic mass is 35.5. The normalized spacial score (nSPS) is 14.8. The van der Waals surface area contributed by atoms with E-state index in [1.807, 2.05) is 20.8 Å². The molecule has 1 aromatic carbocycles. The summed E-state index contributed by atoms with van der Waals surface area (Å²) < 4.78 is 27.1. The molecule has 1 aliphatic heterocycles. The van der Waals surface area contributed by atoms with Crippen molar-refractivity contribution in [1.29, 1.82) is 0 Å². The van der Waals surface area contributed by atoms with Crippen molar-refractivity contribution in [2.45, 2.75) is 39.2 Å². The second-order valence-corrected chi connectivity index (χ2v) is 9.55. The fraction of sp³-hybridized carbons (Fsp3) is 0.417. The molecule has 0 N–H and O–H groups in total. The largest absolute Gasteiger partial charge is 0.488 e. The van der Waals surface area contributed by atoms with Crippen LogP contribution in [-0.2, 0) is 4.74 Å². The molecule has 34 heavy (non-hydrogen) atoms. The Morgan fingerprint density at radius 2 is 1.94 bits per heavy atom. The van der Waals surface area contributed by atoms with Gasteiger partial charge < -0.3 is 14.4 Å². The molecule has 3 heterocycles. The number of piperidine rings is 1. The van der Waals surface area contributed by atoms with Crippen LogP contribution in [0.4, 0.5) is 9.18 Å². The molecule has 0 bridgehead atoms. The molecule has 0 aliphatic carbocycles. The van der Waals surface area contributed by atoms with E-state index in [0.29, 0.717) is 42.4 Å². The molecular weight excluding hydrogens is 461 g/mol. The molecule has 1 aliphatic rings. The number of rotatable bonds is 5. The lowest BCUT2D eigenvalue weighted by Gasteiger charge is -2.33. The van der Waals surface area contributed by atoms with Gasteiger partial charge in [0.2, 0.25) is 0 Å². The fourth-order valence-electron chi connectivity index (χ4n) is 3.71. The maximum Gasteiger partial charge on any atom is 0.410 e. The molecule has 0 atom stereocenters. The Bertz CT molecular complexity index is 1160. The van der Waals surface area contributed by atoms with E-state index in [2.05, 4.69) is 15.1 Å². The van der Waals surface area contributed by atoms with Crippen molar-refractivity contribution >= 4 is 17.7 Å². The summed E-state index contributed by atoms with van der Waals surface area (Å²) in [4.78, 5) is 22.4. The number of hydrogen-bond acceptors (Lipinski definition) is 6. The van der Waals surface area contributed by atoms with Gasteiger partial charge in [0.25, 0.3) is 0 Å². The number of para-hydroxylation sites is 1. The first-order valence-corrected chi connectivity index (χ1v) is 11.5. The third-order valence-corrected chi connectivity index (χ3v) is 5.71. The Kier molecular flexibility index (Phi) is 7.02. The number of benzene rings is 1. The van der Waals surface area contributed by atoms with Gasteiger partial charge in [-0.1, -0.05) is 23.7 Å². The molecular formula is C24H27ClFN5O3. The van der Waals surface area contributed by atoms with Crippen molar-refractivity contribution in [3.05, 3.63) is 54.0 Å². The number of ether oxygens (including phenoxy) is 2. The van der Waals surface area contributed by atoms with Gasteiger partial charge in [0.15, 0.2) is 10.9 Å². The highest BCUT2D eigenvalue weighted by Crippen LogP contribution is 2.34. The topological polar surface area (TPSA) is 82.4 Å². The summed E-state index contributed by atoms with van der Waals surface area (Å²) in [5, 5.41) is 4.45. The second kappa shape index (κ2) is 9.97. The van der Waals surface area contributed by atoms with Gasteiger partial charge in [-0.25, -0.2) is 23.8 Å². The molecule has 1 fully saturated rings. The Balaban J connectivity index is 1.42. The molecule has 0 spiro atoms. The van der Waals surface area contributed by atoms with E-state index in [-0.39, 0.29) is 23.0 Å². The van der Waals surface area contributed by atoms with Crippen LogP contribution < -0.4 is 4.74 Å². The highest BCUT2D eigenvalue weighted by molar-refractivity contribution is 6.31. The van der Waals surface area contributed by atoms with Crippen LogP contribution in [0.5, 0.6) is 5.75 Å². The lowest BCUT2D eigenvalue weighted by Crippen LogP contribution is -2.42. The maximum atomic E-state index is 14.2. The Hall–Kier alpha value is -3.20. The van der Waals surface area contributed by atoms with E-state index >= 15 is 0 Å². The zero-order valence-electron chi connectivity index (χ0n) is 19.4. The number of carbonyl (C=O) groups excluding carboxylic acids is 1. The predicted octanol–water partition coefficient (Wildman–Crippen LogP) is 5.15. The molecule has 0 radical (unpaired) electrons. The predicted molar refractivity (Wildman–Crippen MR) is 126 cm³/mol. The van der Waals surface area contributed by atoms with Gasteiger partial charge in [-0.05, 0) is 51.7 Å². The summed E-state index contributed by atoms with van der Waals surface area (Å²) in [7, 11) is 0. The van der Waals surface area contributed by atoms with Crippen molar-refractivity contribution in [1.82, 2.24) is 24.6 Å². The fourth-order valence-corrected chi connectivity index (χ4v) is 3.90. The van der Waals surface area contributed by atoms with Gasteiger partial charge in [0.05, 0.1) is 12.8 Å². The second-order valence-electron chi connectivity index (χ2n) is 9.19. The number of amides is 1. The minimum Gasteiger partial charge on any atom is -0.488 e. The maximum absolute atomic E-state index is 14.2. The van der Waals surface area contributed by atoms with Gasteiger partial charge in [0.1, 0.15) is 29.1 Å². The van der Waals surface area contributed by atoms with Crippen molar-refractivity contribution in [3.63, 3.8) is 0 Å². The number of aromatic nitrogens is 4. The van der Waals surface area contributed by atoms with E-state index in [0.717, 1.165) is 12.8 Å². The summed E-state index contributed by atoms with van der Waals surface area (Å²) >= 11 is 6.34. The quantitative estimate of drug-likeness (QED) is 0.463. The molecule has 10 heteroatoms. The van der Waals surface area contributed by atoms with Gasteiger partial charge >= 0.3 is 6.09 Å². The molecule has 2 aromatic heterocycles. The van der Waals surface area contributed by atoms with Crippen LogP contribution in [0.3, 0.4) is 0 Å². The van der Waals surface area contributed by atoms with Gasteiger partial charge in [-0.3, -0.25) is 0 Å². The van der Waals surface area contributed by atoms with Crippen LogP contribution in [-0.4, -0.2) is 56.0 Å². The zero-order valence-corrected chi connectivity index (χ0v) is 20.1. The summed E-state index contributed by atoms with van der Waals surface area (Å²) in [6.07, 6.45) is 5.88. The Labute approximate surface area is 202 Å². The average Bonchev–Trinajstić information content (AvgIpc) is 3.27. The third kappa shape index (κ3) is 5.64. The Morgan fingerprint density at radius 3 is 2.65 bits per heavy atom. The lowest BCUT2D eigenvalue weighted by atomic mass is 9.98. The first-order chi connectivity index (χ1) is 16.2. The average molecular weight is 488 g/mol. The molecule has 8 nitrogen and oxygen atoms in total. The number of likely N-dealkylation sites (tertiary alicyclic amines) is 1. The number of hydrogen-bond donors (Lipinski definition) is 0. The van der Waals surface area contributed by atoms with Crippen molar-refractivity contribution < 1.29 is 18.7 Å². The summed E-state index contributed by atoms with van der Waals surface area (Å²) in [6.45, 7) is 7.18. The minimum atomic E-state index is -0.516. The first kappa shape index (κ1) is 23.9. The smallest absolute Gasteiger partial charge is 0.410 e. The van der Waals surface area contributed by atoms with Gasteiger partial charge in [-0.15, -0.1) is 0 Å². The summed E-state index contributed by atoms with van der Waals surface area (Å²) in [6, 6.07) is 6.38. The molecule has 1 amide bonds. The summed E-state index contributed by atoms with van der Waals surface area (Å²) in [5.41, 5.74) is 0.918. The van der Waals surface area contributed by atoms with Gasteiger partial charge in [0, 0.05) is 24.8 Å². The monoisotopic (exact) mass is 487 g/mol. The standard InChI is InChI=1S/C24H27ClFN5O3/c1-24(2,3)34-23(32)30-10-8-16(9-11-30)14-33-21-20(27-15-28-22(21)25)17-12-29-31(13-17)19-7-5-4-6-18(19)26/h4-7,12-13,15-16H,8-11,14H2,1-3H3. The minimum absolute atomic E-state index is 0.190. The van der Waals surface area contributed by atoms with Crippen LogP contribution in [0.1, 0.15) is 33.6 Å². The third-order valence-electron chi connectivity index (χ3n) is 5.45. The summed E-state index contributed by atoms with van der Waals surface area (Å²) in [5.74, 6) is 0.211. The van der Waals surface area contributed by atoms with Crippen molar-refractivity contribution in [3.8, 4) is 22.7 Å². The molecule has 180 valence electrons. The zero-order chi connectivity index (χ0) is 24.3. The molecule has 0 saturated carbocycles.